The molecule has 1 rings (SSSR count). The summed E-state index contributed by atoms with van der Waals surface area (Å²) in [5.41, 5.74) is 5.08. The number of nitrogens with one attached hydrogen (secondary N) is 1. The summed E-state index contributed by atoms with van der Waals surface area (Å²) in [7, 11) is 0. The van der Waals surface area contributed by atoms with Crippen LogP contribution in [0, 0.1) is 0 Å². The zero-order chi connectivity index (χ0) is 13.1. The molecule has 0 aliphatic heterocycles. The van der Waals surface area contributed by atoms with Gasteiger partial charge in [-0.25, -0.2) is 0 Å². The Bertz CT molecular complexity index is 392. The average Bonchev–Trinajstić information content (AvgIpc) is 2.66. The van der Waals surface area contributed by atoms with Gasteiger partial charge in [0.25, 0.3) is 0 Å². The van der Waals surface area contributed by atoms with Crippen LogP contribution in [0.2, 0.25) is 0 Å². The predicted molar refractivity (Wildman–Crippen MR) is 77.4 cm³/mol. The summed E-state index contributed by atoms with van der Waals surface area (Å²) in [5.74, 6) is 0.115. The summed E-state index contributed by atoms with van der Waals surface area (Å²) in [6, 6.07) is 0. The smallest absolute Gasteiger partial charge is 0.245 e. The first-order valence-electron chi connectivity index (χ1n) is 5.80. The van der Waals surface area contributed by atoms with Crippen LogP contribution in [0.5, 0.6) is 0 Å². The largest absolute Gasteiger partial charge is 0.318 e. The van der Waals surface area contributed by atoms with E-state index in [9.17, 15) is 4.79 Å². The van der Waals surface area contributed by atoms with Crippen LogP contribution < -0.4 is 11.1 Å². The third kappa shape index (κ3) is 4.51. The second-order valence-corrected chi connectivity index (χ2v) is 5.73. The maximum absolute atomic E-state index is 11.9. The van der Waals surface area contributed by atoms with E-state index in [2.05, 4.69) is 15.5 Å². The highest BCUT2D eigenvalue weighted by atomic mass is 35.5. The third-order valence-corrected chi connectivity index (χ3v) is 3.58. The SMILES string of the molecule is CCCC(C)(N)C(=O)Nc1nnc(C(C)C)s1.Cl. The predicted octanol–water partition coefficient (Wildman–Crippen LogP) is 2.54. The molecule has 1 amide bonds. The lowest BCUT2D eigenvalue weighted by atomic mass is 9.97. The summed E-state index contributed by atoms with van der Waals surface area (Å²) < 4.78 is 0. The van der Waals surface area contributed by atoms with Gasteiger partial charge in [0.1, 0.15) is 5.01 Å². The van der Waals surface area contributed by atoms with E-state index in [1.165, 1.54) is 11.3 Å². The average molecular weight is 293 g/mol. The van der Waals surface area contributed by atoms with E-state index in [1.807, 2.05) is 20.8 Å². The van der Waals surface area contributed by atoms with E-state index in [0.717, 1.165) is 11.4 Å². The van der Waals surface area contributed by atoms with Gasteiger partial charge in [-0.2, -0.15) is 0 Å². The highest BCUT2D eigenvalue weighted by Crippen LogP contribution is 2.23. The van der Waals surface area contributed by atoms with E-state index in [4.69, 9.17) is 5.73 Å². The number of aromatic nitrogens is 2. The Morgan fingerprint density at radius 1 is 1.50 bits per heavy atom. The van der Waals surface area contributed by atoms with Gasteiger partial charge in [-0.05, 0) is 13.3 Å². The van der Waals surface area contributed by atoms with Crippen molar-refractivity contribution in [1.29, 1.82) is 0 Å². The van der Waals surface area contributed by atoms with Crippen molar-refractivity contribution in [1.82, 2.24) is 10.2 Å². The minimum Gasteiger partial charge on any atom is -0.318 e. The summed E-state index contributed by atoms with van der Waals surface area (Å²) in [6.07, 6.45) is 1.52. The van der Waals surface area contributed by atoms with E-state index < -0.39 is 5.54 Å². The second-order valence-electron chi connectivity index (χ2n) is 4.72. The van der Waals surface area contributed by atoms with Crippen molar-refractivity contribution in [3.05, 3.63) is 5.01 Å². The number of carbonyl (C=O) groups excluding carboxylic acids is 1. The number of nitrogens with zero attached hydrogens (tertiary/aromatic N) is 2. The molecule has 1 heterocycles. The number of amides is 1. The zero-order valence-corrected chi connectivity index (χ0v) is 12.8. The lowest BCUT2D eigenvalue weighted by Gasteiger charge is -2.21. The molecule has 0 radical (unpaired) electrons. The summed E-state index contributed by atoms with van der Waals surface area (Å²) in [6.45, 7) is 7.81. The van der Waals surface area contributed by atoms with Crippen LogP contribution in [0.15, 0.2) is 0 Å². The molecule has 0 saturated carbocycles. The molecule has 5 nitrogen and oxygen atoms in total. The number of hydrogen-bond donors (Lipinski definition) is 2. The normalized spacial score (nSPS) is 13.9. The van der Waals surface area contributed by atoms with E-state index >= 15 is 0 Å². The fraction of sp³-hybridized carbons (Fsp3) is 0.727. The van der Waals surface area contributed by atoms with Crippen LogP contribution in [0.25, 0.3) is 0 Å². The Labute approximate surface area is 118 Å². The quantitative estimate of drug-likeness (QED) is 0.874. The van der Waals surface area contributed by atoms with E-state index in [-0.39, 0.29) is 18.3 Å². The standard InChI is InChI=1S/C11H20N4OS.ClH/c1-5-6-11(4,12)9(16)13-10-15-14-8(17-10)7(2)3;/h7H,5-6,12H2,1-4H3,(H,13,15,16);1H. The first kappa shape index (κ1) is 17.3. The van der Waals surface area contributed by atoms with Crippen molar-refractivity contribution < 1.29 is 4.79 Å². The van der Waals surface area contributed by atoms with Gasteiger partial charge < -0.3 is 5.73 Å². The molecule has 0 spiro atoms. The maximum atomic E-state index is 11.9. The van der Waals surface area contributed by atoms with Crippen LogP contribution in [-0.2, 0) is 4.79 Å². The molecule has 0 aromatic carbocycles. The van der Waals surface area contributed by atoms with Gasteiger partial charge in [-0.1, -0.05) is 38.5 Å². The van der Waals surface area contributed by atoms with Crippen LogP contribution >= 0.6 is 23.7 Å². The molecule has 1 aromatic heterocycles. The van der Waals surface area contributed by atoms with Crippen molar-refractivity contribution in [2.24, 2.45) is 5.73 Å². The van der Waals surface area contributed by atoms with E-state index in [1.54, 1.807) is 6.92 Å². The van der Waals surface area contributed by atoms with Gasteiger partial charge >= 0.3 is 0 Å². The number of anilines is 1. The molecule has 1 aromatic rings. The molecule has 0 saturated heterocycles. The Morgan fingerprint density at radius 3 is 2.56 bits per heavy atom. The van der Waals surface area contributed by atoms with Crippen molar-refractivity contribution in [2.45, 2.75) is 52.0 Å². The number of hydrogen-bond acceptors (Lipinski definition) is 5. The van der Waals surface area contributed by atoms with Crippen LogP contribution in [0.1, 0.15) is 51.5 Å². The van der Waals surface area contributed by atoms with Crippen LogP contribution in [-0.4, -0.2) is 21.6 Å². The molecule has 104 valence electrons. The van der Waals surface area contributed by atoms with Gasteiger partial charge in [0.2, 0.25) is 11.0 Å². The highest BCUT2D eigenvalue weighted by molar-refractivity contribution is 7.15. The molecular formula is C11H21ClN4OS. The van der Waals surface area contributed by atoms with Crippen molar-refractivity contribution in [3.63, 3.8) is 0 Å². The molecule has 0 aliphatic rings. The topological polar surface area (TPSA) is 80.9 Å². The molecule has 0 bridgehead atoms. The zero-order valence-electron chi connectivity index (χ0n) is 11.2. The number of halogens is 1. The van der Waals surface area contributed by atoms with Crippen molar-refractivity contribution in [2.75, 3.05) is 5.32 Å². The Kier molecular flexibility index (Phi) is 6.73. The van der Waals surface area contributed by atoms with Crippen LogP contribution in [0.3, 0.4) is 0 Å². The molecular weight excluding hydrogens is 272 g/mol. The van der Waals surface area contributed by atoms with Gasteiger partial charge in [-0.15, -0.1) is 22.6 Å². The molecule has 18 heavy (non-hydrogen) atoms. The molecule has 1 unspecified atom stereocenters. The molecule has 0 fully saturated rings. The van der Waals surface area contributed by atoms with Gasteiger partial charge in [0.05, 0.1) is 5.54 Å². The monoisotopic (exact) mass is 292 g/mol. The number of rotatable bonds is 5. The lowest BCUT2D eigenvalue weighted by molar-refractivity contribution is -0.120. The van der Waals surface area contributed by atoms with Crippen LogP contribution in [0.4, 0.5) is 5.13 Å². The first-order valence-corrected chi connectivity index (χ1v) is 6.62. The fourth-order valence-electron chi connectivity index (χ4n) is 1.39. The first-order chi connectivity index (χ1) is 7.86. The lowest BCUT2D eigenvalue weighted by Crippen LogP contribution is -2.48. The maximum Gasteiger partial charge on any atom is 0.245 e. The molecule has 0 aliphatic carbocycles. The second kappa shape index (κ2) is 7.01. The fourth-order valence-corrected chi connectivity index (χ4v) is 2.13. The number of carbonyl (C=O) groups is 1. The van der Waals surface area contributed by atoms with E-state index in [0.29, 0.717) is 17.5 Å². The minimum atomic E-state index is -0.849. The number of nitrogens with two attached hydrogens (primary N) is 1. The van der Waals surface area contributed by atoms with Gasteiger partial charge in [0, 0.05) is 5.92 Å². The molecule has 7 heteroatoms. The summed E-state index contributed by atoms with van der Waals surface area (Å²) in [4.78, 5) is 11.9. The van der Waals surface area contributed by atoms with Gasteiger partial charge in [-0.3, -0.25) is 10.1 Å². The Hall–Kier alpha value is -0.720. The molecule has 3 N–H and O–H groups in total. The third-order valence-electron chi connectivity index (χ3n) is 2.44. The van der Waals surface area contributed by atoms with Gasteiger partial charge in [0.15, 0.2) is 0 Å². The van der Waals surface area contributed by atoms with Crippen molar-refractivity contribution in [3.8, 4) is 0 Å². The highest BCUT2D eigenvalue weighted by Gasteiger charge is 2.28. The molecule has 1 atom stereocenters. The van der Waals surface area contributed by atoms with Crippen molar-refractivity contribution >= 4 is 34.8 Å². The summed E-state index contributed by atoms with van der Waals surface area (Å²) >= 11 is 1.39. The Balaban J connectivity index is 0.00000289. The minimum absolute atomic E-state index is 0. The summed E-state index contributed by atoms with van der Waals surface area (Å²) in [5, 5.41) is 12.1. The Morgan fingerprint density at radius 2 is 2.11 bits per heavy atom.